The molecule has 0 fully saturated rings. The highest BCUT2D eigenvalue weighted by Crippen LogP contribution is 2.22. The molecular weight excluding hydrogens is 315 g/mol. The number of halogens is 2. The Bertz CT molecular complexity index is 657. The fraction of sp³-hybridized carbons (Fsp3) is 0.143. The molecule has 4 nitrogen and oxygen atoms in total. The van der Waals surface area contributed by atoms with Gasteiger partial charge in [0.1, 0.15) is 5.82 Å². The topological polar surface area (TPSA) is 49.4 Å². The van der Waals surface area contributed by atoms with Gasteiger partial charge in [-0.2, -0.15) is 0 Å². The molecular formula is C14H12ClFN2O2S. The third kappa shape index (κ3) is 4.27. The maximum atomic E-state index is 12.8. The number of amides is 2. The summed E-state index contributed by atoms with van der Waals surface area (Å²) in [6.45, 7) is -0.105. The highest BCUT2D eigenvalue weighted by Gasteiger charge is 2.16. The number of thiophene rings is 1. The van der Waals surface area contributed by atoms with Crippen molar-refractivity contribution in [3.8, 4) is 0 Å². The van der Waals surface area contributed by atoms with Crippen molar-refractivity contribution in [2.24, 2.45) is 0 Å². The normalized spacial score (nSPS) is 10.2. The lowest BCUT2D eigenvalue weighted by Gasteiger charge is -2.15. The number of likely N-dealkylation sites (N-methyl/N-ethyl adjacent to an activating group) is 1. The van der Waals surface area contributed by atoms with Crippen LogP contribution in [0.1, 0.15) is 9.67 Å². The minimum atomic E-state index is -0.380. The molecule has 0 spiro atoms. The summed E-state index contributed by atoms with van der Waals surface area (Å²) in [4.78, 5) is 25.6. The molecule has 1 heterocycles. The van der Waals surface area contributed by atoms with Crippen LogP contribution >= 0.6 is 22.9 Å². The third-order valence-electron chi connectivity index (χ3n) is 2.64. The molecule has 21 heavy (non-hydrogen) atoms. The van der Waals surface area contributed by atoms with Crippen LogP contribution in [0.5, 0.6) is 0 Å². The molecule has 2 rings (SSSR count). The molecule has 0 atom stereocenters. The minimum absolute atomic E-state index is 0.105. The van der Waals surface area contributed by atoms with Gasteiger partial charge in [-0.25, -0.2) is 4.39 Å². The van der Waals surface area contributed by atoms with Gasteiger partial charge in [-0.1, -0.05) is 11.6 Å². The number of rotatable bonds is 4. The second-order valence-electron chi connectivity index (χ2n) is 4.32. The van der Waals surface area contributed by atoms with E-state index in [2.05, 4.69) is 5.32 Å². The van der Waals surface area contributed by atoms with Gasteiger partial charge in [0.15, 0.2) is 0 Å². The van der Waals surface area contributed by atoms with Gasteiger partial charge in [0, 0.05) is 12.7 Å². The summed E-state index contributed by atoms with van der Waals surface area (Å²) in [5, 5.41) is 2.59. The number of benzene rings is 1. The second-order valence-corrected chi connectivity index (χ2v) is 6.04. The average Bonchev–Trinajstić information content (AvgIpc) is 2.87. The first kappa shape index (κ1) is 15.5. The number of nitrogens with one attached hydrogen (secondary N) is 1. The number of carbonyl (C=O) groups excluding carboxylic acids is 2. The molecule has 1 N–H and O–H groups in total. The van der Waals surface area contributed by atoms with Gasteiger partial charge in [0.05, 0.1) is 15.8 Å². The first-order chi connectivity index (χ1) is 9.95. The van der Waals surface area contributed by atoms with Crippen molar-refractivity contribution in [2.75, 3.05) is 18.9 Å². The molecule has 2 amide bonds. The maximum absolute atomic E-state index is 12.8. The first-order valence-corrected chi connectivity index (χ1v) is 7.21. The summed E-state index contributed by atoms with van der Waals surface area (Å²) in [6, 6.07) is 8.65. The summed E-state index contributed by atoms with van der Waals surface area (Å²) in [7, 11) is 1.53. The van der Waals surface area contributed by atoms with E-state index in [4.69, 9.17) is 11.6 Å². The van der Waals surface area contributed by atoms with E-state index >= 15 is 0 Å². The molecule has 2 aromatic rings. The summed E-state index contributed by atoms with van der Waals surface area (Å²) >= 11 is 6.93. The molecule has 0 unspecified atom stereocenters. The highest BCUT2D eigenvalue weighted by molar-refractivity contribution is 7.17. The molecule has 1 aromatic heterocycles. The second kappa shape index (κ2) is 6.69. The summed E-state index contributed by atoms with van der Waals surface area (Å²) in [6.07, 6.45) is 0. The lowest BCUT2D eigenvalue weighted by Crippen LogP contribution is -2.34. The molecule has 110 valence electrons. The van der Waals surface area contributed by atoms with Gasteiger partial charge < -0.3 is 10.2 Å². The first-order valence-electron chi connectivity index (χ1n) is 6.02. The Kier molecular flexibility index (Phi) is 4.93. The smallest absolute Gasteiger partial charge is 0.264 e. The quantitative estimate of drug-likeness (QED) is 0.937. The molecule has 7 heteroatoms. The molecule has 0 saturated heterocycles. The number of carbonyl (C=O) groups is 2. The predicted molar refractivity (Wildman–Crippen MR) is 81.3 cm³/mol. The average molecular weight is 327 g/mol. The van der Waals surface area contributed by atoms with Crippen molar-refractivity contribution in [1.82, 2.24) is 4.90 Å². The van der Waals surface area contributed by atoms with E-state index < -0.39 is 0 Å². The Hall–Kier alpha value is -1.92. The standard InChI is InChI=1S/C14H12ClFN2O2S/c1-18(14(20)11-6-7-12(15)21-11)8-13(19)17-10-4-2-9(16)3-5-10/h2-7H,8H2,1H3,(H,17,19). The van der Waals surface area contributed by atoms with E-state index in [0.717, 1.165) is 11.3 Å². The highest BCUT2D eigenvalue weighted by atomic mass is 35.5. The fourth-order valence-corrected chi connectivity index (χ4v) is 2.68. The van der Waals surface area contributed by atoms with Crippen LogP contribution in [0.4, 0.5) is 10.1 Å². The van der Waals surface area contributed by atoms with Gasteiger partial charge in [0.25, 0.3) is 5.91 Å². The molecule has 0 aliphatic rings. The van der Waals surface area contributed by atoms with E-state index in [-0.39, 0.29) is 24.2 Å². The van der Waals surface area contributed by atoms with E-state index in [1.807, 2.05) is 0 Å². The van der Waals surface area contributed by atoms with Crippen molar-refractivity contribution < 1.29 is 14.0 Å². The summed E-state index contributed by atoms with van der Waals surface area (Å²) in [5.74, 6) is -1.02. The molecule has 0 radical (unpaired) electrons. The van der Waals surface area contributed by atoms with Crippen LogP contribution in [0.3, 0.4) is 0 Å². The SMILES string of the molecule is CN(CC(=O)Nc1ccc(F)cc1)C(=O)c1ccc(Cl)s1. The molecule has 0 aliphatic heterocycles. The van der Waals surface area contributed by atoms with Crippen LogP contribution in [0.15, 0.2) is 36.4 Å². The summed E-state index contributed by atoms with van der Waals surface area (Å²) in [5.41, 5.74) is 0.474. The largest absolute Gasteiger partial charge is 0.332 e. The Morgan fingerprint density at radius 2 is 1.90 bits per heavy atom. The van der Waals surface area contributed by atoms with Crippen LogP contribution in [-0.4, -0.2) is 30.3 Å². The van der Waals surface area contributed by atoms with Crippen LogP contribution < -0.4 is 5.32 Å². The van der Waals surface area contributed by atoms with Crippen molar-refractivity contribution in [2.45, 2.75) is 0 Å². The van der Waals surface area contributed by atoms with Crippen molar-refractivity contribution in [3.63, 3.8) is 0 Å². The minimum Gasteiger partial charge on any atom is -0.332 e. The predicted octanol–water partition coefficient (Wildman–Crippen LogP) is 3.25. The van der Waals surface area contributed by atoms with E-state index in [9.17, 15) is 14.0 Å². The van der Waals surface area contributed by atoms with Gasteiger partial charge in [0.2, 0.25) is 5.91 Å². The van der Waals surface area contributed by atoms with Crippen LogP contribution in [-0.2, 0) is 4.79 Å². The van der Waals surface area contributed by atoms with E-state index in [1.165, 1.54) is 36.2 Å². The van der Waals surface area contributed by atoms with Crippen molar-refractivity contribution in [3.05, 3.63) is 51.4 Å². The van der Waals surface area contributed by atoms with E-state index in [1.54, 1.807) is 12.1 Å². The van der Waals surface area contributed by atoms with Crippen molar-refractivity contribution in [1.29, 1.82) is 0 Å². The Balaban J connectivity index is 1.92. The number of hydrogen-bond donors (Lipinski definition) is 1. The zero-order valence-electron chi connectivity index (χ0n) is 11.1. The van der Waals surface area contributed by atoms with Gasteiger partial charge in [-0.3, -0.25) is 9.59 Å². The zero-order valence-corrected chi connectivity index (χ0v) is 12.7. The van der Waals surface area contributed by atoms with Gasteiger partial charge >= 0.3 is 0 Å². The third-order valence-corrected chi connectivity index (χ3v) is 3.86. The van der Waals surface area contributed by atoms with Gasteiger partial charge in [-0.05, 0) is 36.4 Å². The van der Waals surface area contributed by atoms with Crippen LogP contribution in [0, 0.1) is 5.82 Å². The maximum Gasteiger partial charge on any atom is 0.264 e. The Morgan fingerprint density at radius 1 is 1.24 bits per heavy atom. The molecule has 0 saturated carbocycles. The van der Waals surface area contributed by atoms with E-state index in [0.29, 0.717) is 14.9 Å². The summed E-state index contributed by atoms with van der Waals surface area (Å²) < 4.78 is 13.3. The number of hydrogen-bond acceptors (Lipinski definition) is 3. The lowest BCUT2D eigenvalue weighted by atomic mass is 10.3. The zero-order chi connectivity index (χ0) is 15.4. The Morgan fingerprint density at radius 3 is 2.48 bits per heavy atom. The fourth-order valence-electron chi connectivity index (χ4n) is 1.64. The van der Waals surface area contributed by atoms with Crippen LogP contribution in [0.25, 0.3) is 0 Å². The number of nitrogens with zero attached hydrogens (tertiary/aromatic N) is 1. The number of anilines is 1. The van der Waals surface area contributed by atoms with Gasteiger partial charge in [-0.15, -0.1) is 11.3 Å². The monoisotopic (exact) mass is 326 g/mol. The Labute approximate surface area is 130 Å². The molecule has 1 aromatic carbocycles. The van der Waals surface area contributed by atoms with Crippen molar-refractivity contribution >= 4 is 40.4 Å². The van der Waals surface area contributed by atoms with Crippen LogP contribution in [0.2, 0.25) is 4.34 Å². The molecule has 0 bridgehead atoms. The molecule has 0 aliphatic carbocycles. The lowest BCUT2D eigenvalue weighted by molar-refractivity contribution is -0.116.